The van der Waals surface area contributed by atoms with Gasteiger partial charge in [0.2, 0.25) is 0 Å². The minimum absolute atomic E-state index is 0.0453. The molecule has 160 valence electrons. The normalized spacial score (nSPS) is 10.7. The van der Waals surface area contributed by atoms with Gasteiger partial charge in [0.1, 0.15) is 17.9 Å². The van der Waals surface area contributed by atoms with E-state index in [0.29, 0.717) is 22.6 Å². The summed E-state index contributed by atoms with van der Waals surface area (Å²) >= 11 is 0. The molecule has 0 saturated heterocycles. The van der Waals surface area contributed by atoms with Crippen molar-refractivity contribution in [1.82, 2.24) is 0 Å². The Balaban J connectivity index is 1.39. The van der Waals surface area contributed by atoms with Gasteiger partial charge in [-0.3, -0.25) is 14.9 Å². The number of anilines is 1. The number of nitro benzene ring substituents is 1. The predicted octanol–water partition coefficient (Wildman–Crippen LogP) is 4.84. The molecule has 8 heteroatoms. The number of nitrogens with zero attached hydrogens (tertiary/aromatic N) is 1. The first-order valence-electron chi connectivity index (χ1n) is 9.71. The summed E-state index contributed by atoms with van der Waals surface area (Å²) in [5, 5.41) is 14.3. The Bertz CT molecular complexity index is 1360. The van der Waals surface area contributed by atoms with E-state index in [1.165, 1.54) is 30.3 Å². The van der Waals surface area contributed by atoms with Gasteiger partial charge >= 0.3 is 5.63 Å². The number of aryl methyl sites for hydroxylation is 1. The lowest BCUT2D eigenvalue weighted by atomic mass is 10.1. The largest absolute Gasteiger partial charge is 0.489 e. The standard InChI is InChI=1S/C24H18N2O6/c1-15-12-23(27)32-22-13-20(10-11-21(15)22)31-14-16-2-4-17(5-3-16)24(28)25-18-6-8-19(9-7-18)26(29)30/h2-13H,14H2,1H3,(H,25,28). The first kappa shape index (κ1) is 20.8. The van der Waals surface area contributed by atoms with Crippen LogP contribution in [-0.2, 0) is 6.61 Å². The number of hydrogen-bond donors (Lipinski definition) is 1. The maximum Gasteiger partial charge on any atom is 0.336 e. The van der Waals surface area contributed by atoms with Crippen molar-refractivity contribution in [1.29, 1.82) is 0 Å². The van der Waals surface area contributed by atoms with Crippen molar-refractivity contribution in [3.63, 3.8) is 0 Å². The van der Waals surface area contributed by atoms with Crippen LogP contribution in [0.25, 0.3) is 11.0 Å². The molecular weight excluding hydrogens is 412 g/mol. The molecule has 0 spiro atoms. The van der Waals surface area contributed by atoms with Crippen molar-refractivity contribution in [2.24, 2.45) is 0 Å². The fraction of sp³-hybridized carbons (Fsp3) is 0.0833. The summed E-state index contributed by atoms with van der Waals surface area (Å²) in [5.41, 5.74) is 2.60. The van der Waals surface area contributed by atoms with Crippen LogP contribution in [0.4, 0.5) is 11.4 Å². The Kier molecular flexibility index (Phi) is 5.67. The van der Waals surface area contributed by atoms with Crippen molar-refractivity contribution >= 4 is 28.3 Å². The monoisotopic (exact) mass is 430 g/mol. The van der Waals surface area contributed by atoms with Crippen LogP contribution in [-0.4, -0.2) is 10.8 Å². The number of amides is 1. The number of rotatable bonds is 6. The van der Waals surface area contributed by atoms with Crippen LogP contribution in [0.3, 0.4) is 0 Å². The minimum Gasteiger partial charge on any atom is -0.489 e. The van der Waals surface area contributed by atoms with Gasteiger partial charge in [0.05, 0.1) is 4.92 Å². The average molecular weight is 430 g/mol. The molecule has 0 atom stereocenters. The zero-order valence-electron chi connectivity index (χ0n) is 17.0. The van der Waals surface area contributed by atoms with Crippen LogP contribution < -0.4 is 15.7 Å². The molecule has 8 nitrogen and oxygen atoms in total. The number of carbonyl (C=O) groups excluding carboxylic acids is 1. The molecule has 0 aliphatic heterocycles. The first-order valence-corrected chi connectivity index (χ1v) is 9.71. The highest BCUT2D eigenvalue weighted by molar-refractivity contribution is 6.04. The van der Waals surface area contributed by atoms with Gasteiger partial charge < -0.3 is 14.5 Å². The van der Waals surface area contributed by atoms with E-state index < -0.39 is 10.5 Å². The highest BCUT2D eigenvalue weighted by Gasteiger charge is 2.09. The number of nitrogens with one attached hydrogen (secondary N) is 1. The quantitative estimate of drug-likeness (QED) is 0.266. The van der Waals surface area contributed by atoms with E-state index in [1.54, 1.807) is 36.4 Å². The molecule has 1 N–H and O–H groups in total. The third-order valence-electron chi connectivity index (χ3n) is 4.88. The summed E-state index contributed by atoms with van der Waals surface area (Å²) in [5.74, 6) is 0.234. The highest BCUT2D eigenvalue weighted by Crippen LogP contribution is 2.23. The van der Waals surface area contributed by atoms with Crippen LogP contribution in [0.1, 0.15) is 21.5 Å². The topological polar surface area (TPSA) is 112 Å². The maximum atomic E-state index is 12.4. The molecule has 0 radical (unpaired) electrons. The molecule has 1 aromatic heterocycles. The van der Waals surface area contributed by atoms with Crippen molar-refractivity contribution in [2.45, 2.75) is 13.5 Å². The van der Waals surface area contributed by atoms with Crippen LogP contribution in [0.5, 0.6) is 5.75 Å². The molecule has 0 unspecified atom stereocenters. The van der Waals surface area contributed by atoms with E-state index in [4.69, 9.17) is 9.15 Å². The van der Waals surface area contributed by atoms with Gasteiger partial charge in [-0.2, -0.15) is 0 Å². The highest BCUT2D eigenvalue weighted by atomic mass is 16.6. The number of nitro groups is 1. The van der Waals surface area contributed by atoms with Gasteiger partial charge in [-0.1, -0.05) is 12.1 Å². The Labute approximate surface area is 182 Å². The number of benzene rings is 3. The Morgan fingerprint density at radius 3 is 2.44 bits per heavy atom. The molecule has 0 aliphatic rings. The predicted molar refractivity (Wildman–Crippen MR) is 119 cm³/mol. The summed E-state index contributed by atoms with van der Waals surface area (Å²) in [6.07, 6.45) is 0. The fourth-order valence-electron chi connectivity index (χ4n) is 3.18. The summed E-state index contributed by atoms with van der Waals surface area (Å²) in [6, 6.07) is 19.3. The van der Waals surface area contributed by atoms with Crippen LogP contribution in [0, 0.1) is 17.0 Å². The maximum absolute atomic E-state index is 12.4. The Morgan fingerprint density at radius 1 is 1.03 bits per heavy atom. The number of carbonyl (C=O) groups is 1. The first-order chi connectivity index (χ1) is 15.4. The number of fused-ring (bicyclic) bond motifs is 1. The zero-order chi connectivity index (χ0) is 22.7. The third kappa shape index (κ3) is 4.65. The SMILES string of the molecule is Cc1cc(=O)oc2cc(OCc3ccc(C(=O)Nc4ccc([N+](=O)[O-])cc4)cc3)ccc12. The molecule has 3 aromatic carbocycles. The minimum atomic E-state index is -0.499. The molecule has 1 heterocycles. The fourth-order valence-corrected chi connectivity index (χ4v) is 3.18. The van der Waals surface area contributed by atoms with E-state index in [1.807, 2.05) is 13.0 Å². The van der Waals surface area contributed by atoms with Gasteiger partial charge in [-0.25, -0.2) is 4.79 Å². The van der Waals surface area contributed by atoms with E-state index >= 15 is 0 Å². The molecule has 0 fully saturated rings. The summed E-state index contributed by atoms with van der Waals surface area (Å²) in [7, 11) is 0. The smallest absolute Gasteiger partial charge is 0.336 e. The lowest BCUT2D eigenvalue weighted by Crippen LogP contribution is -2.11. The van der Waals surface area contributed by atoms with E-state index in [2.05, 4.69) is 5.32 Å². The summed E-state index contributed by atoms with van der Waals surface area (Å²) in [6.45, 7) is 2.12. The average Bonchev–Trinajstić information content (AvgIpc) is 2.78. The zero-order valence-corrected chi connectivity index (χ0v) is 17.0. The molecule has 1 amide bonds. The molecule has 32 heavy (non-hydrogen) atoms. The van der Waals surface area contributed by atoms with Crippen molar-refractivity contribution in [2.75, 3.05) is 5.32 Å². The number of ether oxygens (including phenoxy) is 1. The van der Waals surface area contributed by atoms with Gasteiger partial charge in [0, 0.05) is 40.9 Å². The second-order valence-corrected chi connectivity index (χ2v) is 7.15. The second kappa shape index (κ2) is 8.73. The van der Waals surface area contributed by atoms with Crippen LogP contribution >= 0.6 is 0 Å². The van der Waals surface area contributed by atoms with E-state index in [0.717, 1.165) is 16.5 Å². The second-order valence-electron chi connectivity index (χ2n) is 7.15. The van der Waals surface area contributed by atoms with Gasteiger partial charge in [0.25, 0.3) is 11.6 Å². The molecule has 4 rings (SSSR count). The van der Waals surface area contributed by atoms with Crippen LogP contribution in [0.15, 0.2) is 82.0 Å². The van der Waals surface area contributed by atoms with E-state index in [9.17, 15) is 19.7 Å². The van der Waals surface area contributed by atoms with Crippen molar-refractivity contribution < 1.29 is 18.9 Å². The van der Waals surface area contributed by atoms with Gasteiger partial charge in [-0.05, 0) is 54.4 Å². The molecular formula is C24H18N2O6. The lowest BCUT2D eigenvalue weighted by Gasteiger charge is -2.09. The van der Waals surface area contributed by atoms with E-state index in [-0.39, 0.29) is 18.2 Å². The Hall–Kier alpha value is -4.46. The lowest BCUT2D eigenvalue weighted by molar-refractivity contribution is -0.384. The van der Waals surface area contributed by atoms with Gasteiger partial charge in [-0.15, -0.1) is 0 Å². The van der Waals surface area contributed by atoms with Gasteiger partial charge in [0.15, 0.2) is 0 Å². The Morgan fingerprint density at radius 2 is 1.75 bits per heavy atom. The molecule has 0 bridgehead atoms. The molecule has 4 aromatic rings. The third-order valence-corrected chi connectivity index (χ3v) is 4.88. The van der Waals surface area contributed by atoms with Crippen molar-refractivity contribution in [3.8, 4) is 5.75 Å². The van der Waals surface area contributed by atoms with Crippen LogP contribution in [0.2, 0.25) is 0 Å². The number of non-ortho nitro benzene ring substituents is 1. The molecule has 0 saturated carbocycles. The summed E-state index contributed by atoms with van der Waals surface area (Å²) in [4.78, 5) is 34.2. The molecule has 0 aliphatic carbocycles. The van der Waals surface area contributed by atoms with Crippen molar-refractivity contribution in [3.05, 3.63) is 110 Å². The summed E-state index contributed by atoms with van der Waals surface area (Å²) < 4.78 is 11.0. The number of hydrogen-bond acceptors (Lipinski definition) is 6.